The summed E-state index contributed by atoms with van der Waals surface area (Å²) in [4.78, 5) is 15.1. The first-order valence-corrected chi connectivity index (χ1v) is 6.50. The van der Waals surface area contributed by atoms with Crippen LogP contribution in [0.4, 0.5) is 0 Å². The summed E-state index contributed by atoms with van der Waals surface area (Å²) in [6, 6.07) is 7.68. The molecule has 0 atom stereocenters. The van der Waals surface area contributed by atoms with Gasteiger partial charge in [-0.3, -0.25) is 0 Å². The molecule has 0 radical (unpaired) electrons. The Morgan fingerprint density at radius 3 is 2.50 bits per heavy atom. The molecule has 0 spiro atoms. The molecule has 0 aliphatic heterocycles. The van der Waals surface area contributed by atoms with Gasteiger partial charge in [0.25, 0.3) is 0 Å². The summed E-state index contributed by atoms with van der Waals surface area (Å²) in [5.41, 5.74) is 1.72. The number of carboxylic acids is 1. The number of carbonyl (C=O) groups is 1. The molecule has 0 unspecified atom stereocenters. The molecule has 0 amide bonds. The highest BCUT2D eigenvalue weighted by molar-refractivity contribution is 5.88. The van der Waals surface area contributed by atoms with Crippen LogP contribution in [0.2, 0.25) is 0 Å². The molecule has 0 saturated heterocycles. The summed E-state index contributed by atoms with van der Waals surface area (Å²) in [7, 11) is 0. The predicted octanol–water partition coefficient (Wildman–Crippen LogP) is 3.56. The molecule has 0 bridgehead atoms. The van der Waals surface area contributed by atoms with Crippen molar-refractivity contribution in [2.75, 3.05) is 6.61 Å². The fourth-order valence-corrected chi connectivity index (χ4v) is 1.80. The summed E-state index contributed by atoms with van der Waals surface area (Å²) in [5.74, 6) is -0.534. The molecule has 0 fully saturated rings. The van der Waals surface area contributed by atoms with Crippen molar-refractivity contribution in [3.05, 3.63) is 35.5 Å². The van der Waals surface area contributed by atoms with E-state index >= 15 is 0 Å². The Balaban J connectivity index is 2.37. The molecule has 2 aromatic rings. The van der Waals surface area contributed by atoms with Crippen molar-refractivity contribution >= 4 is 5.97 Å². The first-order valence-electron chi connectivity index (χ1n) is 6.50. The van der Waals surface area contributed by atoms with E-state index in [1.807, 2.05) is 24.3 Å². The minimum atomic E-state index is -1.16. The van der Waals surface area contributed by atoms with Crippen molar-refractivity contribution in [3.8, 4) is 17.4 Å². The van der Waals surface area contributed by atoms with E-state index in [0.717, 1.165) is 5.56 Å². The molecule has 1 aromatic heterocycles. The number of aromatic carboxylic acids is 1. The number of ether oxygens (including phenoxy) is 1. The van der Waals surface area contributed by atoms with E-state index in [9.17, 15) is 4.79 Å². The van der Waals surface area contributed by atoms with Crippen molar-refractivity contribution in [1.29, 1.82) is 0 Å². The van der Waals surface area contributed by atoms with Gasteiger partial charge in [0.05, 0.1) is 6.61 Å². The van der Waals surface area contributed by atoms with Crippen molar-refractivity contribution in [3.63, 3.8) is 0 Å². The Morgan fingerprint density at radius 1 is 1.35 bits per heavy atom. The van der Waals surface area contributed by atoms with E-state index in [4.69, 9.17) is 14.3 Å². The van der Waals surface area contributed by atoms with Gasteiger partial charge in [0.1, 0.15) is 0 Å². The lowest BCUT2D eigenvalue weighted by molar-refractivity contribution is 0.0683. The Hall–Kier alpha value is -2.30. The second-order valence-electron chi connectivity index (χ2n) is 4.67. The summed E-state index contributed by atoms with van der Waals surface area (Å²) in [6.45, 7) is 6.29. The minimum Gasteiger partial charge on any atom is -0.476 e. The zero-order valence-corrected chi connectivity index (χ0v) is 11.7. The van der Waals surface area contributed by atoms with E-state index in [1.165, 1.54) is 5.56 Å². The topological polar surface area (TPSA) is 72.6 Å². The zero-order chi connectivity index (χ0) is 14.7. The van der Waals surface area contributed by atoms with Crippen LogP contribution in [-0.2, 0) is 0 Å². The number of hydrogen-bond donors (Lipinski definition) is 1. The van der Waals surface area contributed by atoms with Crippen LogP contribution in [-0.4, -0.2) is 22.7 Å². The highest BCUT2D eigenvalue weighted by Gasteiger charge is 2.21. The Kier molecular flexibility index (Phi) is 4.08. The largest absolute Gasteiger partial charge is 0.476 e. The molecule has 1 heterocycles. The third kappa shape index (κ3) is 2.82. The molecular weight excluding hydrogens is 258 g/mol. The summed E-state index contributed by atoms with van der Waals surface area (Å²) in [6.07, 6.45) is 0. The molecule has 2 rings (SSSR count). The normalized spacial score (nSPS) is 10.8. The highest BCUT2D eigenvalue weighted by Crippen LogP contribution is 2.28. The number of rotatable bonds is 5. The molecule has 5 nitrogen and oxygen atoms in total. The fourth-order valence-electron chi connectivity index (χ4n) is 1.80. The van der Waals surface area contributed by atoms with Gasteiger partial charge in [-0.25, -0.2) is 4.79 Å². The Morgan fingerprint density at radius 2 is 2.00 bits per heavy atom. The number of benzene rings is 1. The molecule has 1 aromatic carbocycles. The monoisotopic (exact) mass is 275 g/mol. The van der Waals surface area contributed by atoms with E-state index < -0.39 is 5.97 Å². The second kappa shape index (κ2) is 5.77. The van der Waals surface area contributed by atoms with Crippen molar-refractivity contribution in [1.82, 2.24) is 4.98 Å². The lowest BCUT2D eigenvalue weighted by atomic mass is 10.0. The van der Waals surface area contributed by atoms with E-state index in [2.05, 4.69) is 18.8 Å². The van der Waals surface area contributed by atoms with E-state index in [-0.39, 0.29) is 17.5 Å². The van der Waals surface area contributed by atoms with Gasteiger partial charge in [0.15, 0.2) is 0 Å². The number of nitrogens with zero attached hydrogens (tertiary/aromatic N) is 1. The third-order valence-corrected chi connectivity index (χ3v) is 2.90. The molecule has 20 heavy (non-hydrogen) atoms. The zero-order valence-electron chi connectivity index (χ0n) is 11.7. The molecule has 0 aliphatic carbocycles. The summed E-state index contributed by atoms with van der Waals surface area (Å²) in [5, 5.41) is 9.07. The molecule has 1 N–H and O–H groups in total. The average Bonchev–Trinajstić information content (AvgIpc) is 2.83. The molecule has 106 valence electrons. The van der Waals surface area contributed by atoms with Gasteiger partial charge >= 0.3 is 11.9 Å². The smallest absolute Gasteiger partial charge is 0.362 e. The van der Waals surface area contributed by atoms with Crippen LogP contribution < -0.4 is 4.74 Å². The predicted molar refractivity (Wildman–Crippen MR) is 74.2 cm³/mol. The minimum absolute atomic E-state index is 0.0528. The van der Waals surface area contributed by atoms with E-state index in [1.54, 1.807) is 6.92 Å². The van der Waals surface area contributed by atoms with Gasteiger partial charge in [0.2, 0.25) is 11.6 Å². The van der Waals surface area contributed by atoms with Crippen LogP contribution in [0.5, 0.6) is 5.95 Å². The van der Waals surface area contributed by atoms with Gasteiger partial charge in [0, 0.05) is 5.56 Å². The van der Waals surface area contributed by atoms with Gasteiger partial charge in [-0.2, -0.15) is 4.98 Å². The molecule has 0 aliphatic rings. The molecule has 5 heteroatoms. The third-order valence-electron chi connectivity index (χ3n) is 2.90. The van der Waals surface area contributed by atoms with Crippen LogP contribution in [0.3, 0.4) is 0 Å². The quantitative estimate of drug-likeness (QED) is 0.903. The van der Waals surface area contributed by atoms with Crippen LogP contribution >= 0.6 is 0 Å². The van der Waals surface area contributed by atoms with Crippen molar-refractivity contribution < 1.29 is 19.1 Å². The number of oxazole rings is 1. The Labute approximate surface area is 117 Å². The number of hydrogen-bond acceptors (Lipinski definition) is 4. The number of aromatic nitrogens is 1. The summed E-state index contributed by atoms with van der Waals surface area (Å²) < 4.78 is 10.5. The lowest BCUT2D eigenvalue weighted by Gasteiger charge is -2.04. The first kappa shape index (κ1) is 14.1. The van der Waals surface area contributed by atoms with Gasteiger partial charge in [-0.05, 0) is 30.5 Å². The maximum Gasteiger partial charge on any atom is 0.362 e. The van der Waals surface area contributed by atoms with Gasteiger partial charge in [-0.15, -0.1) is 0 Å². The number of carboxylic acid groups (broad SMARTS) is 1. The molecule has 0 saturated carbocycles. The van der Waals surface area contributed by atoms with Gasteiger partial charge < -0.3 is 14.3 Å². The van der Waals surface area contributed by atoms with Crippen LogP contribution in [0.15, 0.2) is 28.7 Å². The summed E-state index contributed by atoms with van der Waals surface area (Å²) >= 11 is 0. The maximum atomic E-state index is 11.1. The lowest BCUT2D eigenvalue weighted by Crippen LogP contribution is -2.01. The van der Waals surface area contributed by atoms with Crippen LogP contribution in [0.25, 0.3) is 11.5 Å². The van der Waals surface area contributed by atoms with E-state index in [0.29, 0.717) is 12.5 Å². The first-order chi connectivity index (χ1) is 9.52. The maximum absolute atomic E-state index is 11.1. The molecular formula is C15H17NO4. The van der Waals surface area contributed by atoms with Crippen LogP contribution in [0, 0.1) is 0 Å². The average molecular weight is 275 g/mol. The standard InChI is InChI=1S/C15H17NO4/c1-4-19-15-12(14(17)18)16-13(20-15)11-7-5-10(6-8-11)9(2)3/h5-9H,4H2,1-3H3,(H,17,18). The van der Waals surface area contributed by atoms with Crippen molar-refractivity contribution in [2.45, 2.75) is 26.7 Å². The Bertz CT molecular complexity index is 599. The fraction of sp³-hybridized carbons (Fsp3) is 0.333. The van der Waals surface area contributed by atoms with Gasteiger partial charge in [-0.1, -0.05) is 26.0 Å². The van der Waals surface area contributed by atoms with Crippen LogP contribution in [0.1, 0.15) is 42.7 Å². The second-order valence-corrected chi connectivity index (χ2v) is 4.67. The van der Waals surface area contributed by atoms with Crippen molar-refractivity contribution in [2.24, 2.45) is 0 Å². The highest BCUT2D eigenvalue weighted by atomic mass is 16.6. The SMILES string of the molecule is CCOc1oc(-c2ccc(C(C)C)cc2)nc1C(=O)O.